The molecule has 0 saturated carbocycles. The molecule has 2 amide bonds. The summed E-state index contributed by atoms with van der Waals surface area (Å²) >= 11 is 0. The van der Waals surface area contributed by atoms with E-state index >= 15 is 0 Å². The zero-order valence-corrected chi connectivity index (χ0v) is 14.7. The van der Waals surface area contributed by atoms with Crippen molar-refractivity contribution < 1.29 is 9.59 Å². The molecule has 2 atom stereocenters. The van der Waals surface area contributed by atoms with Crippen molar-refractivity contribution in [2.75, 3.05) is 45.8 Å². The highest BCUT2D eigenvalue weighted by Crippen LogP contribution is 2.17. The fourth-order valence-electron chi connectivity index (χ4n) is 3.09. The number of hydrogen-bond donors (Lipinski definition) is 2. The second-order valence-corrected chi connectivity index (χ2v) is 6.33. The summed E-state index contributed by atoms with van der Waals surface area (Å²) in [6.07, 6.45) is 3.76. The molecular formula is C16H29ClN4O2. The number of carbonyl (C=O) groups is 2. The average molecular weight is 345 g/mol. The van der Waals surface area contributed by atoms with Crippen LogP contribution in [0.25, 0.3) is 0 Å². The second-order valence-electron chi connectivity index (χ2n) is 6.33. The maximum atomic E-state index is 12.5. The van der Waals surface area contributed by atoms with E-state index in [1.807, 2.05) is 4.90 Å². The van der Waals surface area contributed by atoms with Gasteiger partial charge in [0.15, 0.2) is 0 Å². The van der Waals surface area contributed by atoms with E-state index in [9.17, 15) is 9.59 Å². The monoisotopic (exact) mass is 344 g/mol. The Labute approximate surface area is 145 Å². The molecule has 0 aromatic carbocycles. The van der Waals surface area contributed by atoms with Crippen LogP contribution in [0.15, 0.2) is 12.7 Å². The Morgan fingerprint density at radius 1 is 1.30 bits per heavy atom. The smallest absolute Gasteiger partial charge is 0.239 e. The normalized spacial score (nSPS) is 25.3. The number of nitrogens with one attached hydrogen (secondary N) is 2. The number of carbonyl (C=O) groups excluding carboxylic acids is 2. The van der Waals surface area contributed by atoms with Gasteiger partial charge in [-0.05, 0) is 25.3 Å². The van der Waals surface area contributed by atoms with Crippen LogP contribution in [0.4, 0.5) is 0 Å². The summed E-state index contributed by atoms with van der Waals surface area (Å²) < 4.78 is 0. The predicted octanol–water partition coefficient (Wildman–Crippen LogP) is 0.243. The van der Waals surface area contributed by atoms with E-state index < -0.39 is 0 Å². The van der Waals surface area contributed by atoms with Crippen molar-refractivity contribution in [3.63, 3.8) is 0 Å². The van der Waals surface area contributed by atoms with E-state index in [-0.39, 0.29) is 30.3 Å². The van der Waals surface area contributed by atoms with Crippen molar-refractivity contribution in [2.24, 2.45) is 5.92 Å². The lowest BCUT2D eigenvalue weighted by atomic mass is 9.93. The molecule has 6 nitrogen and oxygen atoms in total. The molecular weight excluding hydrogens is 316 g/mol. The van der Waals surface area contributed by atoms with Crippen molar-refractivity contribution in [1.29, 1.82) is 0 Å². The maximum absolute atomic E-state index is 12.5. The molecule has 0 aromatic heterocycles. The van der Waals surface area contributed by atoms with Crippen LogP contribution in [0.3, 0.4) is 0 Å². The number of halogens is 1. The van der Waals surface area contributed by atoms with Gasteiger partial charge in [0.1, 0.15) is 0 Å². The van der Waals surface area contributed by atoms with Crippen molar-refractivity contribution in [1.82, 2.24) is 20.4 Å². The number of hydrogen-bond acceptors (Lipinski definition) is 4. The lowest BCUT2D eigenvalue weighted by molar-refractivity contribution is -0.136. The van der Waals surface area contributed by atoms with Gasteiger partial charge in [0.2, 0.25) is 11.8 Å². The Kier molecular flexibility index (Phi) is 8.58. The molecule has 2 heterocycles. The predicted molar refractivity (Wildman–Crippen MR) is 93.7 cm³/mol. The third-order valence-corrected chi connectivity index (χ3v) is 4.46. The number of rotatable bonds is 5. The molecule has 0 radical (unpaired) electrons. The maximum Gasteiger partial charge on any atom is 0.239 e. The van der Waals surface area contributed by atoms with E-state index in [0.717, 1.165) is 32.5 Å². The Morgan fingerprint density at radius 2 is 2.00 bits per heavy atom. The molecule has 2 fully saturated rings. The van der Waals surface area contributed by atoms with Gasteiger partial charge in [0.25, 0.3) is 0 Å². The minimum Gasteiger partial charge on any atom is -0.352 e. The first kappa shape index (κ1) is 19.9. The molecule has 23 heavy (non-hydrogen) atoms. The van der Waals surface area contributed by atoms with E-state index in [2.05, 4.69) is 29.0 Å². The fraction of sp³-hybridized carbons (Fsp3) is 0.750. The van der Waals surface area contributed by atoms with Crippen LogP contribution < -0.4 is 10.6 Å². The van der Waals surface area contributed by atoms with Gasteiger partial charge in [-0.1, -0.05) is 13.0 Å². The summed E-state index contributed by atoms with van der Waals surface area (Å²) in [4.78, 5) is 28.2. The quantitative estimate of drug-likeness (QED) is 0.701. The topological polar surface area (TPSA) is 64.7 Å². The lowest BCUT2D eigenvalue weighted by Crippen LogP contribution is -2.56. The molecule has 2 unspecified atom stereocenters. The average Bonchev–Trinajstić information content (AvgIpc) is 2.53. The van der Waals surface area contributed by atoms with Crippen molar-refractivity contribution in [3.8, 4) is 0 Å². The molecule has 2 aliphatic rings. The largest absolute Gasteiger partial charge is 0.352 e. The van der Waals surface area contributed by atoms with Gasteiger partial charge >= 0.3 is 0 Å². The standard InChI is InChI=1S/C16H28N4O2.ClH/c1-3-5-18-15(21)12-19-7-9-20(10-8-19)16(22)14-11-13(2)4-6-17-14;/h3,13-14,17H,1,4-12H2,2H3,(H,18,21);1H. The molecule has 0 bridgehead atoms. The zero-order chi connectivity index (χ0) is 15.9. The minimum atomic E-state index is -0.0220. The van der Waals surface area contributed by atoms with Gasteiger partial charge in [0.05, 0.1) is 12.6 Å². The van der Waals surface area contributed by atoms with Gasteiger partial charge in [-0.3, -0.25) is 14.5 Å². The van der Waals surface area contributed by atoms with Crippen LogP contribution in [0.5, 0.6) is 0 Å². The molecule has 132 valence electrons. The lowest BCUT2D eigenvalue weighted by Gasteiger charge is -2.37. The van der Waals surface area contributed by atoms with Gasteiger partial charge in [-0.15, -0.1) is 19.0 Å². The van der Waals surface area contributed by atoms with Crippen LogP contribution >= 0.6 is 12.4 Å². The highest BCUT2D eigenvalue weighted by molar-refractivity contribution is 5.85. The van der Waals surface area contributed by atoms with Crippen LogP contribution in [0, 0.1) is 5.92 Å². The summed E-state index contributed by atoms with van der Waals surface area (Å²) in [5.41, 5.74) is 0. The molecule has 7 heteroatoms. The Morgan fingerprint density at radius 3 is 2.61 bits per heavy atom. The summed E-state index contributed by atoms with van der Waals surface area (Å²) in [5.74, 6) is 0.856. The van der Waals surface area contributed by atoms with Crippen LogP contribution in [-0.2, 0) is 9.59 Å². The Balaban J connectivity index is 0.00000264. The highest BCUT2D eigenvalue weighted by atomic mass is 35.5. The fourth-order valence-corrected chi connectivity index (χ4v) is 3.09. The first-order valence-corrected chi connectivity index (χ1v) is 8.22. The van der Waals surface area contributed by atoms with Gasteiger partial charge in [-0.25, -0.2) is 0 Å². The molecule has 0 aliphatic carbocycles. The minimum absolute atomic E-state index is 0. The number of amides is 2. The SMILES string of the molecule is C=CCNC(=O)CN1CCN(C(=O)C2CC(C)CCN2)CC1.Cl. The third-order valence-electron chi connectivity index (χ3n) is 4.46. The molecule has 2 N–H and O–H groups in total. The van der Waals surface area contributed by atoms with Crippen LogP contribution in [0.2, 0.25) is 0 Å². The van der Waals surface area contributed by atoms with Crippen molar-refractivity contribution in [3.05, 3.63) is 12.7 Å². The van der Waals surface area contributed by atoms with Gasteiger partial charge < -0.3 is 15.5 Å². The molecule has 2 rings (SSSR count). The number of piperazine rings is 1. The summed E-state index contributed by atoms with van der Waals surface area (Å²) in [5, 5.41) is 6.12. The van der Waals surface area contributed by atoms with Crippen molar-refractivity contribution >= 4 is 24.2 Å². The van der Waals surface area contributed by atoms with E-state index in [0.29, 0.717) is 32.1 Å². The summed E-state index contributed by atoms with van der Waals surface area (Å²) in [6.45, 7) is 10.6. The van der Waals surface area contributed by atoms with Crippen molar-refractivity contribution in [2.45, 2.75) is 25.8 Å². The van der Waals surface area contributed by atoms with Crippen LogP contribution in [-0.4, -0.2) is 73.5 Å². The Bertz CT molecular complexity index is 411. The molecule has 0 spiro atoms. The first-order chi connectivity index (χ1) is 10.6. The summed E-state index contributed by atoms with van der Waals surface area (Å²) in [7, 11) is 0. The third kappa shape index (κ3) is 6.12. The molecule has 0 aromatic rings. The first-order valence-electron chi connectivity index (χ1n) is 8.22. The number of nitrogens with zero attached hydrogens (tertiary/aromatic N) is 2. The van der Waals surface area contributed by atoms with Gasteiger partial charge in [0, 0.05) is 32.7 Å². The van der Waals surface area contributed by atoms with E-state index in [1.54, 1.807) is 6.08 Å². The summed E-state index contributed by atoms with van der Waals surface area (Å²) in [6, 6.07) is -0.0220. The van der Waals surface area contributed by atoms with E-state index in [1.165, 1.54) is 0 Å². The molecule has 2 saturated heterocycles. The second kappa shape index (κ2) is 9.90. The Hall–Kier alpha value is -1.11. The van der Waals surface area contributed by atoms with E-state index in [4.69, 9.17) is 0 Å². The zero-order valence-electron chi connectivity index (χ0n) is 13.9. The highest BCUT2D eigenvalue weighted by Gasteiger charge is 2.30. The number of piperidine rings is 1. The van der Waals surface area contributed by atoms with Crippen LogP contribution in [0.1, 0.15) is 19.8 Å². The van der Waals surface area contributed by atoms with Gasteiger partial charge in [-0.2, -0.15) is 0 Å². The molecule has 2 aliphatic heterocycles.